The summed E-state index contributed by atoms with van der Waals surface area (Å²) in [4.78, 5) is 3.42. The molecule has 102 heavy (non-hydrogen) atoms. The van der Waals surface area contributed by atoms with E-state index in [-0.39, 0.29) is 100 Å². The number of para-hydroxylation sites is 5. The van der Waals surface area contributed by atoms with Crippen LogP contribution in [0.5, 0.6) is 0 Å². The predicted octanol–water partition coefficient (Wildman–Crippen LogP) is 22.9. The number of rotatable bonds is 9. The highest BCUT2D eigenvalue weighted by molar-refractivity contribution is 7.00. The van der Waals surface area contributed by atoms with Gasteiger partial charge in [0, 0.05) is 71.9 Å². The first kappa shape index (κ1) is 34.6. The van der Waals surface area contributed by atoms with Crippen LogP contribution in [0.2, 0.25) is 0 Å². The molecule has 0 spiro atoms. The summed E-state index contributed by atoms with van der Waals surface area (Å²) in [5, 5.41) is 10.6. The zero-order valence-corrected chi connectivity index (χ0v) is 54.0. The SMILES string of the molecule is [2H]c1c([2H])c([2H])c(-c2ccc3c(c2)N(c2c(-c4ccccc4)cc(C(C)(C)C)cc2-c2ccccc2)c2cc(-n4c5c([2H])c([2H])c([2H])c([2H])c5c5c([2H])c([2H])c([2H])c([2H])c54)cc4c2B3c2ccc(-n3c5c([2H])c([2H])c([2H])c([2H])c5c5c([2H])c([2H])c([2H])c([2H])c53)cc2N4c2cccc(-n3c4c([2H])c([2H])c([2H])c([2H])c4c4c([2H])c([2H])c(-c5c([2H])c([2H])c([2H])c([2H])c5[2H])c([2H])c43)c2C#N)c([2H])c1[2H]. The van der Waals surface area contributed by atoms with Gasteiger partial charge in [0.05, 0.1) is 101 Å². The Morgan fingerprint density at radius 3 is 1.30 bits per heavy atom. The van der Waals surface area contributed by atoms with Gasteiger partial charge in [-0.2, -0.15) is 5.26 Å². The fourth-order valence-electron chi connectivity index (χ4n) is 14.9. The summed E-state index contributed by atoms with van der Waals surface area (Å²) in [6.45, 7) is 4.80. The summed E-state index contributed by atoms with van der Waals surface area (Å²) in [5.74, 6) is 0. The monoisotopic (exact) mass is 1330 g/mol. The zero-order chi connectivity index (χ0) is 96.6. The van der Waals surface area contributed by atoms with Crippen LogP contribution < -0.4 is 26.2 Å². The summed E-state index contributed by atoms with van der Waals surface area (Å²) in [6, 6.07) is 16.0. The van der Waals surface area contributed by atoms with Crippen molar-refractivity contribution in [2.75, 3.05) is 9.80 Å². The molecule has 0 bridgehead atoms. The van der Waals surface area contributed by atoms with Crippen molar-refractivity contribution in [3.05, 3.63) is 350 Å². The Labute approximate surface area is 638 Å². The van der Waals surface area contributed by atoms with E-state index >= 15 is 0 Å². The molecule has 7 heteroatoms. The normalized spacial score (nSPS) is 17.1. The van der Waals surface area contributed by atoms with Gasteiger partial charge in [0.2, 0.25) is 0 Å². The van der Waals surface area contributed by atoms with Gasteiger partial charge in [0.15, 0.2) is 0 Å². The first-order valence-corrected chi connectivity index (χ1v) is 32.5. The molecule has 0 amide bonds. The first-order valence-electron chi connectivity index (χ1n) is 49.0. The van der Waals surface area contributed by atoms with E-state index in [0.29, 0.717) is 33.4 Å². The zero-order valence-electron chi connectivity index (χ0n) is 87.0. The van der Waals surface area contributed by atoms with Gasteiger partial charge in [0.25, 0.3) is 6.71 Å². The van der Waals surface area contributed by atoms with E-state index in [0.717, 1.165) is 10.1 Å². The number of benzene rings is 15. The molecular formula is C95H65BN6. The van der Waals surface area contributed by atoms with Crippen molar-refractivity contribution in [2.45, 2.75) is 26.2 Å². The van der Waals surface area contributed by atoms with Gasteiger partial charge in [-0.05, 0) is 152 Å². The topological polar surface area (TPSA) is 45.1 Å². The second kappa shape index (κ2) is 23.0. The maximum Gasteiger partial charge on any atom is 0.252 e. The van der Waals surface area contributed by atoms with Crippen LogP contribution in [0.25, 0.3) is 127 Å². The number of hydrogen-bond acceptors (Lipinski definition) is 3. The molecule has 0 radical (unpaired) electrons. The van der Waals surface area contributed by atoms with Gasteiger partial charge in [-0.3, -0.25) is 0 Å². The van der Waals surface area contributed by atoms with E-state index < -0.39 is 261 Å². The standard InChI is InChI=1S/C95H65BN6/c1-95(2,3)67-55-76(63-31-12-6-13-32-63)94(77(56-67)64-33-14-7-15-34-64)102-89-54-66(62-29-10-5-11-30-62)48-51-79(89)96-80-52-49-68(98-81-40-21-16-35-70(81)71-36-17-22-41-82(71)98)57-90(80)101(91-58-69(59-92(102)93(91)96)99-83-42-23-18-37-72(83)73-38-19-24-43-84(73)99)87-46-26-45-86(78(87)60-97)100-85-44-25-20-39-74(85)75-50-47-65(53-88(75)100)61-27-8-4-9-28-61/h4-59H,1-3H3/i4D,5D,8D,9D,10D,11D,16D,17D,18D,19D,20D,21D,22D,23D,24D,25D,27D,28D,29D,30D,35D,36D,37D,38D,39D,40D,41D,42D,43D,44D,47D,50D,53D. The molecule has 20 rings (SSSR count). The average Bonchev–Trinajstić information content (AvgIpc) is 1.65. The molecule has 5 heterocycles. The quantitative estimate of drug-likeness (QED) is 0.135. The molecule has 0 saturated heterocycles. The summed E-state index contributed by atoms with van der Waals surface area (Å²) >= 11 is 0. The van der Waals surface area contributed by atoms with Crippen LogP contribution in [-0.4, -0.2) is 20.4 Å². The number of nitriles is 1. The average molecular weight is 1330 g/mol. The van der Waals surface area contributed by atoms with Gasteiger partial charge >= 0.3 is 0 Å². The molecule has 2 aliphatic heterocycles. The molecule has 0 saturated carbocycles. The summed E-state index contributed by atoms with van der Waals surface area (Å²) in [6.07, 6.45) is 0. The minimum Gasteiger partial charge on any atom is -0.310 e. The van der Waals surface area contributed by atoms with Crippen LogP contribution in [-0.2, 0) is 5.41 Å². The number of aromatic nitrogens is 3. The highest BCUT2D eigenvalue weighted by Crippen LogP contribution is 2.54. The Kier molecular flexibility index (Phi) is 7.79. The van der Waals surface area contributed by atoms with Crippen LogP contribution in [0, 0.1) is 11.3 Å². The van der Waals surface area contributed by atoms with E-state index in [4.69, 9.17) is 8.22 Å². The largest absolute Gasteiger partial charge is 0.310 e. The molecule has 2 aliphatic rings. The van der Waals surface area contributed by atoms with Crippen LogP contribution >= 0.6 is 0 Å². The second-order valence-corrected chi connectivity index (χ2v) is 25.8. The van der Waals surface area contributed by atoms with Crippen molar-refractivity contribution in [2.24, 2.45) is 0 Å². The van der Waals surface area contributed by atoms with Crippen molar-refractivity contribution in [3.63, 3.8) is 0 Å². The Balaban J connectivity index is 1.05. The molecule has 0 N–H and O–H groups in total. The number of fused-ring (bicyclic) bond motifs is 13. The van der Waals surface area contributed by atoms with Crippen molar-refractivity contribution >= 4 is 123 Å². The first-order chi connectivity index (χ1) is 63.9. The van der Waals surface area contributed by atoms with Gasteiger partial charge < -0.3 is 23.5 Å². The minimum absolute atomic E-state index is 0.0517. The fourth-order valence-corrected chi connectivity index (χ4v) is 14.9. The minimum atomic E-state index is -1.29. The third-order valence-corrected chi connectivity index (χ3v) is 19.3. The van der Waals surface area contributed by atoms with Gasteiger partial charge in [-0.1, -0.05) is 269 Å². The van der Waals surface area contributed by atoms with Crippen molar-refractivity contribution in [1.82, 2.24) is 13.7 Å². The third kappa shape index (κ3) is 8.99. The summed E-state index contributed by atoms with van der Waals surface area (Å²) in [5.41, 5.74) is -1.85. The molecule has 15 aromatic carbocycles. The van der Waals surface area contributed by atoms with Crippen LogP contribution in [0.15, 0.2) is 339 Å². The molecule has 478 valence electrons. The second-order valence-electron chi connectivity index (χ2n) is 25.8. The molecule has 3 aromatic heterocycles. The maximum atomic E-state index is 13.0. The Hall–Kier alpha value is -13.1. The number of anilines is 6. The fraction of sp³-hybridized carbons (Fsp3) is 0.0421. The van der Waals surface area contributed by atoms with Crippen LogP contribution in [0.3, 0.4) is 0 Å². The molecular weight excluding hydrogens is 1240 g/mol. The van der Waals surface area contributed by atoms with Gasteiger partial charge in [-0.15, -0.1) is 0 Å². The van der Waals surface area contributed by atoms with Crippen molar-refractivity contribution < 1.29 is 45.2 Å². The lowest BCUT2D eigenvalue weighted by Crippen LogP contribution is -2.61. The highest BCUT2D eigenvalue weighted by Gasteiger charge is 2.46. The Bertz CT molecular complexity index is 8340. The van der Waals surface area contributed by atoms with Crippen LogP contribution in [0.4, 0.5) is 34.1 Å². The van der Waals surface area contributed by atoms with E-state index in [9.17, 15) is 42.3 Å². The van der Waals surface area contributed by atoms with Crippen molar-refractivity contribution in [3.8, 4) is 67.6 Å². The Morgan fingerprint density at radius 1 is 0.333 bits per heavy atom. The molecule has 0 unspecified atom stereocenters. The van der Waals surface area contributed by atoms with Crippen molar-refractivity contribution in [1.29, 1.82) is 5.26 Å². The van der Waals surface area contributed by atoms with Crippen LogP contribution in [0.1, 0.15) is 77.1 Å². The van der Waals surface area contributed by atoms with E-state index in [1.54, 1.807) is 35.2 Å². The lowest BCUT2D eigenvalue weighted by atomic mass is 9.33. The molecule has 0 atom stereocenters. The lowest BCUT2D eigenvalue weighted by Gasteiger charge is -2.45. The molecule has 6 nitrogen and oxygen atoms in total. The smallest absolute Gasteiger partial charge is 0.252 e. The molecule has 0 fully saturated rings. The predicted molar refractivity (Wildman–Crippen MR) is 429 cm³/mol. The summed E-state index contributed by atoms with van der Waals surface area (Å²) in [7, 11) is 0. The number of hydrogen-bond donors (Lipinski definition) is 0. The number of nitrogens with zero attached hydrogens (tertiary/aromatic N) is 6. The highest BCUT2D eigenvalue weighted by atomic mass is 15.2. The van der Waals surface area contributed by atoms with E-state index in [1.165, 1.54) is 45.5 Å². The Morgan fingerprint density at radius 2 is 0.775 bits per heavy atom. The summed E-state index contributed by atoms with van der Waals surface area (Å²) < 4.78 is 317. The lowest BCUT2D eigenvalue weighted by molar-refractivity contribution is 0.591. The van der Waals surface area contributed by atoms with E-state index in [2.05, 4.69) is 6.07 Å². The van der Waals surface area contributed by atoms with Gasteiger partial charge in [-0.25, -0.2) is 0 Å². The molecule has 18 aromatic rings. The molecule has 0 aliphatic carbocycles. The van der Waals surface area contributed by atoms with E-state index in [1.807, 2.05) is 98.5 Å². The maximum absolute atomic E-state index is 13.0. The van der Waals surface area contributed by atoms with Gasteiger partial charge in [0.1, 0.15) is 11.6 Å². The third-order valence-electron chi connectivity index (χ3n) is 19.3.